The van der Waals surface area contributed by atoms with Gasteiger partial charge in [0.2, 0.25) is 0 Å². The van der Waals surface area contributed by atoms with Crippen LogP contribution in [-0.4, -0.2) is 51.3 Å². The lowest BCUT2D eigenvalue weighted by Crippen LogP contribution is -2.46. The van der Waals surface area contributed by atoms with Gasteiger partial charge in [-0.05, 0) is 61.7 Å². The average molecular weight is 514 g/mol. The van der Waals surface area contributed by atoms with E-state index in [2.05, 4.69) is 44.8 Å². The monoisotopic (exact) mass is 514 g/mol. The van der Waals surface area contributed by atoms with Crippen molar-refractivity contribution in [3.8, 4) is 0 Å². The first-order chi connectivity index (χ1) is 13.7. The number of ether oxygens (including phenoxy) is 1. The molecule has 0 bridgehead atoms. The van der Waals surface area contributed by atoms with Crippen LogP contribution in [0.15, 0.2) is 29.3 Å². The van der Waals surface area contributed by atoms with Crippen molar-refractivity contribution in [1.29, 1.82) is 0 Å². The van der Waals surface area contributed by atoms with Crippen LogP contribution in [0.2, 0.25) is 0 Å². The van der Waals surface area contributed by atoms with E-state index in [1.54, 1.807) is 7.11 Å². The topological polar surface area (TPSA) is 48.9 Å². The summed E-state index contributed by atoms with van der Waals surface area (Å²) in [6.45, 7) is 6.20. The van der Waals surface area contributed by atoms with Crippen LogP contribution in [-0.2, 0) is 17.8 Å². The van der Waals surface area contributed by atoms with Gasteiger partial charge in [0, 0.05) is 40.4 Å². The number of piperidine rings is 1. The molecule has 5 nitrogen and oxygen atoms in total. The first kappa shape index (κ1) is 24.4. The number of methoxy groups -OCH3 is 1. The molecule has 1 saturated carbocycles. The molecule has 6 heteroatoms. The van der Waals surface area contributed by atoms with E-state index in [4.69, 9.17) is 4.74 Å². The van der Waals surface area contributed by atoms with E-state index < -0.39 is 0 Å². The van der Waals surface area contributed by atoms with Crippen LogP contribution in [0.3, 0.4) is 0 Å². The molecule has 1 heterocycles. The predicted octanol–water partition coefficient (Wildman–Crippen LogP) is 4.16. The molecule has 1 aliphatic carbocycles. The number of likely N-dealkylation sites (tertiary alicyclic amines) is 1. The van der Waals surface area contributed by atoms with Crippen LogP contribution in [0, 0.1) is 5.41 Å². The Labute approximate surface area is 194 Å². The van der Waals surface area contributed by atoms with E-state index in [1.807, 2.05) is 7.05 Å². The van der Waals surface area contributed by atoms with Crippen LogP contribution in [0.5, 0.6) is 0 Å². The highest BCUT2D eigenvalue weighted by Gasteiger charge is 2.36. The second-order valence-electron chi connectivity index (χ2n) is 8.53. The Balaban J connectivity index is 0.00000300. The summed E-state index contributed by atoms with van der Waals surface area (Å²) < 4.78 is 5.29. The molecular formula is C23H39IN4O. The van der Waals surface area contributed by atoms with Gasteiger partial charge in [-0.25, -0.2) is 0 Å². The predicted molar refractivity (Wildman–Crippen MR) is 132 cm³/mol. The van der Waals surface area contributed by atoms with Gasteiger partial charge in [0.1, 0.15) is 0 Å². The molecule has 1 aliphatic heterocycles. The van der Waals surface area contributed by atoms with E-state index in [0.717, 1.165) is 38.6 Å². The molecule has 2 N–H and O–H groups in total. The number of aliphatic imine (C=N–C) groups is 1. The van der Waals surface area contributed by atoms with Gasteiger partial charge in [-0.2, -0.15) is 0 Å². The maximum atomic E-state index is 5.29. The number of nitrogens with zero attached hydrogens (tertiary/aromatic N) is 2. The van der Waals surface area contributed by atoms with Crippen molar-refractivity contribution >= 4 is 29.9 Å². The van der Waals surface area contributed by atoms with Crippen LogP contribution in [0.4, 0.5) is 0 Å². The largest absolute Gasteiger partial charge is 0.385 e. The van der Waals surface area contributed by atoms with Crippen molar-refractivity contribution in [3.63, 3.8) is 0 Å². The Morgan fingerprint density at radius 1 is 1.03 bits per heavy atom. The van der Waals surface area contributed by atoms with Gasteiger partial charge in [0.15, 0.2) is 5.96 Å². The fourth-order valence-electron chi connectivity index (χ4n) is 4.33. The lowest BCUT2D eigenvalue weighted by molar-refractivity contribution is 0.0732. The SMILES string of the molecule is CN=C(NCc1ccc(CN2CCCCC2)cc1)NCC1(CCOC)CCC1.I. The molecule has 2 aliphatic rings. The Hall–Kier alpha value is -0.860. The minimum absolute atomic E-state index is 0. The fourth-order valence-corrected chi connectivity index (χ4v) is 4.33. The van der Waals surface area contributed by atoms with Crippen molar-refractivity contribution in [3.05, 3.63) is 35.4 Å². The first-order valence-corrected chi connectivity index (χ1v) is 11.0. The maximum Gasteiger partial charge on any atom is 0.191 e. The first-order valence-electron chi connectivity index (χ1n) is 11.0. The summed E-state index contributed by atoms with van der Waals surface area (Å²) in [5.74, 6) is 0.890. The molecule has 0 aromatic heterocycles. The quantitative estimate of drug-likeness (QED) is 0.295. The minimum atomic E-state index is 0. The molecular weight excluding hydrogens is 475 g/mol. The molecule has 1 saturated heterocycles. The zero-order chi connectivity index (χ0) is 19.7. The molecule has 1 aromatic rings. The average Bonchev–Trinajstić information content (AvgIpc) is 2.71. The van der Waals surface area contributed by atoms with Crippen molar-refractivity contribution in [1.82, 2.24) is 15.5 Å². The Morgan fingerprint density at radius 3 is 2.31 bits per heavy atom. The Kier molecular flexibility index (Phi) is 10.7. The highest BCUT2D eigenvalue weighted by atomic mass is 127. The van der Waals surface area contributed by atoms with Gasteiger partial charge in [-0.15, -0.1) is 24.0 Å². The zero-order valence-corrected chi connectivity index (χ0v) is 20.5. The number of halogens is 1. The number of benzene rings is 1. The van der Waals surface area contributed by atoms with Crippen LogP contribution < -0.4 is 10.6 Å². The van der Waals surface area contributed by atoms with Crippen LogP contribution in [0.25, 0.3) is 0 Å². The smallest absolute Gasteiger partial charge is 0.191 e. The summed E-state index contributed by atoms with van der Waals surface area (Å²) in [6, 6.07) is 9.03. The van der Waals surface area contributed by atoms with Gasteiger partial charge in [0.05, 0.1) is 0 Å². The molecule has 3 rings (SSSR count). The molecule has 0 atom stereocenters. The summed E-state index contributed by atoms with van der Waals surface area (Å²) in [6.07, 6.45) is 9.14. The fraction of sp³-hybridized carbons (Fsp3) is 0.696. The third-order valence-electron chi connectivity index (χ3n) is 6.44. The van der Waals surface area contributed by atoms with E-state index in [-0.39, 0.29) is 24.0 Å². The third kappa shape index (κ3) is 7.72. The van der Waals surface area contributed by atoms with E-state index in [0.29, 0.717) is 5.41 Å². The zero-order valence-electron chi connectivity index (χ0n) is 18.2. The van der Waals surface area contributed by atoms with Gasteiger partial charge >= 0.3 is 0 Å². The molecule has 0 spiro atoms. The highest BCUT2D eigenvalue weighted by Crippen LogP contribution is 2.43. The number of guanidine groups is 1. The number of nitrogens with one attached hydrogen (secondary N) is 2. The van der Waals surface area contributed by atoms with E-state index in [9.17, 15) is 0 Å². The van der Waals surface area contributed by atoms with Gasteiger partial charge in [-0.3, -0.25) is 9.89 Å². The van der Waals surface area contributed by atoms with E-state index >= 15 is 0 Å². The highest BCUT2D eigenvalue weighted by molar-refractivity contribution is 14.0. The van der Waals surface area contributed by atoms with Gasteiger partial charge < -0.3 is 15.4 Å². The van der Waals surface area contributed by atoms with Crippen LogP contribution in [0.1, 0.15) is 56.1 Å². The summed E-state index contributed by atoms with van der Waals surface area (Å²) in [5, 5.41) is 6.99. The molecule has 0 radical (unpaired) electrons. The molecule has 1 aromatic carbocycles. The molecule has 29 heavy (non-hydrogen) atoms. The van der Waals surface area contributed by atoms with Crippen molar-refractivity contribution in [2.45, 2.75) is 58.0 Å². The Morgan fingerprint density at radius 2 is 1.72 bits per heavy atom. The standard InChI is InChI=1S/C23H38N4O.HI/c1-24-22(26-19-23(11-6-12-23)13-16-28-2)25-17-20-7-9-21(10-8-20)18-27-14-4-3-5-15-27;/h7-10H,3-6,11-19H2,1-2H3,(H2,24,25,26);1H. The summed E-state index contributed by atoms with van der Waals surface area (Å²) in [7, 11) is 3.64. The summed E-state index contributed by atoms with van der Waals surface area (Å²) in [5.41, 5.74) is 3.10. The van der Waals surface area contributed by atoms with Crippen molar-refractivity contribution in [2.75, 3.05) is 40.4 Å². The van der Waals surface area contributed by atoms with Gasteiger partial charge in [0.25, 0.3) is 0 Å². The van der Waals surface area contributed by atoms with E-state index in [1.165, 1.54) is 62.7 Å². The van der Waals surface area contributed by atoms with Crippen LogP contribution >= 0.6 is 24.0 Å². The minimum Gasteiger partial charge on any atom is -0.385 e. The maximum absolute atomic E-state index is 5.29. The summed E-state index contributed by atoms with van der Waals surface area (Å²) >= 11 is 0. The second kappa shape index (κ2) is 12.7. The Bertz CT molecular complexity index is 610. The summed E-state index contributed by atoms with van der Waals surface area (Å²) in [4.78, 5) is 6.97. The molecule has 2 fully saturated rings. The second-order valence-corrected chi connectivity index (χ2v) is 8.53. The third-order valence-corrected chi connectivity index (χ3v) is 6.44. The normalized spacial score (nSPS) is 19.2. The van der Waals surface area contributed by atoms with Gasteiger partial charge in [-0.1, -0.05) is 37.1 Å². The molecule has 0 unspecified atom stereocenters. The lowest BCUT2D eigenvalue weighted by Gasteiger charge is -2.42. The van der Waals surface area contributed by atoms with Crippen molar-refractivity contribution < 1.29 is 4.74 Å². The molecule has 164 valence electrons. The number of rotatable bonds is 9. The van der Waals surface area contributed by atoms with Crippen molar-refractivity contribution in [2.24, 2.45) is 10.4 Å². The lowest BCUT2D eigenvalue weighted by atomic mass is 9.67. The molecule has 0 amide bonds. The number of hydrogen-bond acceptors (Lipinski definition) is 3. The number of hydrogen-bond donors (Lipinski definition) is 2.